The third kappa shape index (κ3) is 4.02. The second-order valence-corrected chi connectivity index (χ2v) is 9.87. The molecule has 1 saturated heterocycles. The fourth-order valence-corrected chi connectivity index (χ4v) is 5.49. The molecule has 6 nitrogen and oxygen atoms in total. The van der Waals surface area contributed by atoms with Crippen molar-refractivity contribution in [3.8, 4) is 0 Å². The van der Waals surface area contributed by atoms with Crippen molar-refractivity contribution < 1.29 is 18.0 Å². The Balaban J connectivity index is 1.99. The number of aryl methyl sites for hydroxylation is 1. The van der Waals surface area contributed by atoms with Crippen molar-refractivity contribution >= 4 is 44.8 Å². The van der Waals surface area contributed by atoms with E-state index in [4.69, 9.17) is 11.6 Å². The monoisotopic (exact) mass is 434 g/mol. The largest absolute Gasteiger partial charge is 0.321 e. The maximum absolute atomic E-state index is 12.9. The number of benzene rings is 2. The minimum atomic E-state index is -3.82. The fraction of sp³-hybridized carbons (Fsp3) is 0.333. The topological polar surface area (TPSA) is 83.6 Å². The van der Waals surface area contributed by atoms with Gasteiger partial charge in [0.15, 0.2) is 0 Å². The van der Waals surface area contributed by atoms with E-state index in [9.17, 15) is 18.0 Å². The number of hydrogen-bond acceptors (Lipinski definition) is 4. The molecule has 1 fully saturated rings. The molecule has 1 aliphatic rings. The Kier molecular flexibility index (Phi) is 5.74. The van der Waals surface area contributed by atoms with Gasteiger partial charge in [0.05, 0.1) is 22.4 Å². The average Bonchev–Trinajstić information content (AvgIpc) is 2.84. The Hall–Kier alpha value is -2.38. The average molecular weight is 435 g/mol. The molecule has 2 aromatic carbocycles. The van der Waals surface area contributed by atoms with E-state index in [2.05, 4.69) is 5.32 Å². The number of nitrogens with zero attached hydrogens (tertiary/aromatic N) is 1. The first-order chi connectivity index (χ1) is 13.5. The van der Waals surface area contributed by atoms with Crippen LogP contribution in [0.5, 0.6) is 0 Å². The van der Waals surface area contributed by atoms with Gasteiger partial charge in [-0.1, -0.05) is 50.6 Å². The Morgan fingerprint density at radius 1 is 1.24 bits per heavy atom. The lowest BCUT2D eigenvalue weighted by atomic mass is 9.98. The SMILES string of the molecule is Cc1cccc(C(C)C)c1NC(=O)c1ccc(Cl)c(N2C(=O)C(C)CS2(=O)=O)c1. The van der Waals surface area contributed by atoms with Gasteiger partial charge in [0.25, 0.3) is 5.91 Å². The fourth-order valence-electron chi connectivity index (χ4n) is 3.41. The summed E-state index contributed by atoms with van der Waals surface area (Å²) in [6, 6.07) is 10.1. The number of nitrogens with one attached hydrogen (secondary N) is 1. The van der Waals surface area contributed by atoms with Crippen molar-refractivity contribution in [2.75, 3.05) is 15.4 Å². The standard InChI is InChI=1S/C21H23ClN2O4S/c1-12(2)16-7-5-6-13(3)19(16)23-20(25)15-8-9-17(22)18(10-15)24-21(26)14(4)11-29(24,27)28/h5-10,12,14H,11H2,1-4H3,(H,23,25). The van der Waals surface area contributed by atoms with Crippen molar-refractivity contribution in [1.82, 2.24) is 0 Å². The second kappa shape index (κ2) is 7.80. The molecule has 29 heavy (non-hydrogen) atoms. The summed E-state index contributed by atoms with van der Waals surface area (Å²) >= 11 is 6.18. The number of carbonyl (C=O) groups is 2. The van der Waals surface area contributed by atoms with Gasteiger partial charge in [-0.2, -0.15) is 0 Å². The van der Waals surface area contributed by atoms with Gasteiger partial charge in [0, 0.05) is 11.3 Å². The van der Waals surface area contributed by atoms with Crippen molar-refractivity contribution in [3.63, 3.8) is 0 Å². The zero-order valence-electron chi connectivity index (χ0n) is 16.7. The highest BCUT2D eigenvalue weighted by molar-refractivity contribution is 7.94. The number of amides is 2. The van der Waals surface area contributed by atoms with Gasteiger partial charge in [-0.25, -0.2) is 12.7 Å². The molecule has 1 aliphatic heterocycles. The highest BCUT2D eigenvalue weighted by Gasteiger charge is 2.43. The molecule has 0 saturated carbocycles. The molecule has 1 heterocycles. The molecule has 1 unspecified atom stereocenters. The smallest absolute Gasteiger partial charge is 0.255 e. The molecule has 154 valence electrons. The molecule has 1 N–H and O–H groups in total. The summed E-state index contributed by atoms with van der Waals surface area (Å²) in [4.78, 5) is 25.3. The molecule has 3 rings (SSSR count). The maximum Gasteiger partial charge on any atom is 0.255 e. The van der Waals surface area contributed by atoms with Gasteiger partial charge in [0.1, 0.15) is 0 Å². The zero-order valence-corrected chi connectivity index (χ0v) is 18.3. The number of halogens is 1. The molecule has 0 radical (unpaired) electrons. The molecule has 1 atom stereocenters. The minimum absolute atomic E-state index is 0.00235. The highest BCUT2D eigenvalue weighted by Crippen LogP contribution is 2.35. The quantitative estimate of drug-likeness (QED) is 0.775. The summed E-state index contributed by atoms with van der Waals surface area (Å²) in [6.45, 7) is 7.54. The first-order valence-electron chi connectivity index (χ1n) is 9.30. The van der Waals surface area contributed by atoms with Crippen molar-refractivity contribution in [2.24, 2.45) is 5.92 Å². The van der Waals surface area contributed by atoms with Crippen LogP contribution in [0.25, 0.3) is 0 Å². The molecular formula is C21H23ClN2O4S. The molecule has 0 aromatic heterocycles. The lowest BCUT2D eigenvalue weighted by molar-refractivity contribution is -0.119. The summed E-state index contributed by atoms with van der Waals surface area (Å²) in [6.07, 6.45) is 0. The Morgan fingerprint density at radius 2 is 1.93 bits per heavy atom. The number of hydrogen-bond donors (Lipinski definition) is 1. The van der Waals surface area contributed by atoms with Crippen LogP contribution in [0.15, 0.2) is 36.4 Å². The summed E-state index contributed by atoms with van der Waals surface area (Å²) < 4.78 is 25.5. The maximum atomic E-state index is 12.9. The Bertz CT molecular complexity index is 1100. The molecule has 0 aliphatic carbocycles. The van der Waals surface area contributed by atoms with E-state index in [1.54, 1.807) is 6.92 Å². The molecule has 0 bridgehead atoms. The first-order valence-corrected chi connectivity index (χ1v) is 11.3. The van der Waals surface area contributed by atoms with E-state index >= 15 is 0 Å². The normalized spacial score (nSPS) is 18.3. The van der Waals surface area contributed by atoms with E-state index < -0.39 is 27.8 Å². The summed E-state index contributed by atoms with van der Waals surface area (Å²) in [5.41, 5.74) is 2.86. The van der Waals surface area contributed by atoms with Crippen LogP contribution in [-0.2, 0) is 14.8 Å². The van der Waals surface area contributed by atoms with Crippen molar-refractivity contribution in [2.45, 2.75) is 33.6 Å². The minimum Gasteiger partial charge on any atom is -0.321 e. The Labute approximate surface area is 175 Å². The van der Waals surface area contributed by atoms with E-state index in [0.29, 0.717) is 4.31 Å². The first kappa shape index (κ1) is 21.3. The molecule has 0 spiro atoms. The molecule has 2 amide bonds. The molecular weight excluding hydrogens is 412 g/mol. The van der Waals surface area contributed by atoms with E-state index in [0.717, 1.165) is 16.8 Å². The third-order valence-electron chi connectivity index (χ3n) is 4.95. The van der Waals surface area contributed by atoms with Crippen LogP contribution < -0.4 is 9.62 Å². The van der Waals surface area contributed by atoms with Crippen LogP contribution in [0.1, 0.15) is 48.2 Å². The highest BCUT2D eigenvalue weighted by atomic mass is 35.5. The van der Waals surface area contributed by atoms with Crippen LogP contribution in [0.3, 0.4) is 0 Å². The van der Waals surface area contributed by atoms with Crippen LogP contribution in [0.2, 0.25) is 5.02 Å². The van der Waals surface area contributed by atoms with Gasteiger partial charge < -0.3 is 5.32 Å². The zero-order chi connectivity index (χ0) is 21.5. The van der Waals surface area contributed by atoms with E-state index in [1.807, 2.05) is 39.0 Å². The van der Waals surface area contributed by atoms with Crippen molar-refractivity contribution in [1.29, 1.82) is 0 Å². The van der Waals surface area contributed by atoms with Crippen LogP contribution >= 0.6 is 11.6 Å². The summed E-state index contributed by atoms with van der Waals surface area (Å²) in [5, 5.41) is 3.01. The predicted molar refractivity (Wildman–Crippen MR) is 115 cm³/mol. The lowest BCUT2D eigenvalue weighted by Crippen LogP contribution is -2.30. The van der Waals surface area contributed by atoms with Gasteiger partial charge >= 0.3 is 0 Å². The molecule has 2 aromatic rings. The second-order valence-electron chi connectivity index (χ2n) is 7.60. The number of sulfonamides is 1. The summed E-state index contributed by atoms with van der Waals surface area (Å²) in [5.74, 6) is -1.69. The third-order valence-corrected chi connectivity index (χ3v) is 7.13. The number of para-hydroxylation sites is 1. The number of carbonyl (C=O) groups excluding carboxylic acids is 2. The van der Waals surface area contributed by atoms with Crippen LogP contribution in [-0.4, -0.2) is 26.0 Å². The van der Waals surface area contributed by atoms with E-state index in [-0.39, 0.29) is 27.9 Å². The number of anilines is 2. The van der Waals surface area contributed by atoms with Gasteiger partial charge in [-0.3, -0.25) is 9.59 Å². The number of rotatable bonds is 4. The van der Waals surface area contributed by atoms with Gasteiger partial charge in [0.2, 0.25) is 15.9 Å². The Morgan fingerprint density at radius 3 is 2.52 bits per heavy atom. The van der Waals surface area contributed by atoms with Gasteiger partial charge in [-0.15, -0.1) is 0 Å². The summed E-state index contributed by atoms with van der Waals surface area (Å²) in [7, 11) is -3.82. The molecule has 8 heteroatoms. The van der Waals surface area contributed by atoms with Crippen molar-refractivity contribution in [3.05, 3.63) is 58.1 Å². The van der Waals surface area contributed by atoms with Crippen LogP contribution in [0, 0.1) is 12.8 Å². The predicted octanol–water partition coefficient (Wildman–Crippen LogP) is 4.34. The van der Waals surface area contributed by atoms with Gasteiger partial charge in [-0.05, 0) is 42.2 Å². The lowest BCUT2D eigenvalue weighted by Gasteiger charge is -2.19. The van der Waals surface area contributed by atoms with E-state index in [1.165, 1.54) is 18.2 Å². The van der Waals surface area contributed by atoms with Crippen LogP contribution in [0.4, 0.5) is 11.4 Å².